The molecule has 1 aromatic heterocycles. The molecule has 30 heavy (non-hydrogen) atoms. The highest BCUT2D eigenvalue weighted by Gasteiger charge is 2.31. The smallest absolute Gasteiger partial charge is 0.326 e. The second kappa shape index (κ2) is 7.33. The van der Waals surface area contributed by atoms with E-state index in [1.54, 1.807) is 6.92 Å². The molecule has 0 spiro atoms. The van der Waals surface area contributed by atoms with E-state index in [9.17, 15) is 18.0 Å². The minimum Gasteiger partial charge on any atom is -0.326 e. The number of aryl methyl sites for hydroxylation is 2. The molecular formula is C21H18F3N5O. The number of anilines is 2. The van der Waals surface area contributed by atoms with Gasteiger partial charge in [-0.05, 0) is 37.6 Å². The van der Waals surface area contributed by atoms with Crippen LogP contribution in [0.25, 0.3) is 0 Å². The predicted molar refractivity (Wildman–Crippen MR) is 109 cm³/mol. The molecule has 0 saturated carbocycles. The van der Waals surface area contributed by atoms with Gasteiger partial charge in [0.05, 0.1) is 5.56 Å². The molecule has 0 saturated heterocycles. The van der Waals surface area contributed by atoms with Crippen molar-refractivity contribution in [3.63, 3.8) is 0 Å². The Kier molecular flexibility index (Phi) is 4.81. The second-order valence-electron chi connectivity index (χ2n) is 6.97. The highest BCUT2D eigenvalue weighted by atomic mass is 19.4. The number of aliphatic imine (C=N–C) groups is 1. The molecule has 0 amide bonds. The van der Waals surface area contributed by atoms with Crippen LogP contribution in [0, 0.1) is 13.8 Å². The third kappa shape index (κ3) is 3.78. The van der Waals surface area contributed by atoms with Gasteiger partial charge in [0, 0.05) is 23.0 Å². The van der Waals surface area contributed by atoms with Gasteiger partial charge in [0.25, 0.3) is 5.56 Å². The highest BCUT2D eigenvalue weighted by Crippen LogP contribution is 2.31. The van der Waals surface area contributed by atoms with Crippen molar-refractivity contribution in [2.24, 2.45) is 4.99 Å². The summed E-state index contributed by atoms with van der Waals surface area (Å²) in [6, 6.07) is 13.7. The van der Waals surface area contributed by atoms with Gasteiger partial charge in [-0.25, -0.2) is 9.98 Å². The van der Waals surface area contributed by atoms with Crippen molar-refractivity contribution < 1.29 is 13.2 Å². The lowest BCUT2D eigenvalue weighted by molar-refractivity contribution is -0.137. The van der Waals surface area contributed by atoms with Gasteiger partial charge in [-0.1, -0.05) is 30.3 Å². The maximum Gasteiger partial charge on any atom is 0.416 e. The summed E-state index contributed by atoms with van der Waals surface area (Å²) in [4.78, 5) is 21.6. The lowest BCUT2D eigenvalue weighted by atomic mass is 10.1. The molecule has 2 N–H and O–H groups in total. The standard InChI is InChI=1S/C21H18F3N5O/c1-12-6-3-4-9-16(12)18-27-19(28-20-25-13(2)10-17(30)29(18)20)26-15-8-5-7-14(11-15)21(22,23)24/h3-11,18H,1-2H3,(H2,25,26,27,28). The van der Waals surface area contributed by atoms with Crippen molar-refractivity contribution in [3.8, 4) is 0 Å². The van der Waals surface area contributed by atoms with E-state index < -0.39 is 17.9 Å². The van der Waals surface area contributed by atoms with Crippen LogP contribution in [0.15, 0.2) is 64.4 Å². The first-order valence-corrected chi connectivity index (χ1v) is 9.17. The van der Waals surface area contributed by atoms with Crippen LogP contribution in [-0.4, -0.2) is 15.5 Å². The molecule has 0 fully saturated rings. The SMILES string of the molecule is Cc1cc(=O)n2c(n1)NC(Nc1cccc(C(F)(F)F)c1)=NC2c1ccccc1C. The number of aromatic nitrogens is 2. The summed E-state index contributed by atoms with van der Waals surface area (Å²) >= 11 is 0. The number of nitrogens with one attached hydrogen (secondary N) is 2. The van der Waals surface area contributed by atoms with Crippen molar-refractivity contribution in [2.75, 3.05) is 10.6 Å². The zero-order valence-electron chi connectivity index (χ0n) is 16.2. The van der Waals surface area contributed by atoms with Crippen LogP contribution in [-0.2, 0) is 6.18 Å². The van der Waals surface area contributed by atoms with Crippen LogP contribution >= 0.6 is 0 Å². The Morgan fingerprint density at radius 1 is 1.07 bits per heavy atom. The van der Waals surface area contributed by atoms with Crippen molar-refractivity contribution >= 4 is 17.6 Å². The number of benzene rings is 2. The summed E-state index contributed by atoms with van der Waals surface area (Å²) in [7, 11) is 0. The Morgan fingerprint density at radius 2 is 1.83 bits per heavy atom. The Hall–Kier alpha value is -3.62. The van der Waals surface area contributed by atoms with Crippen LogP contribution in [0.1, 0.15) is 28.6 Å². The van der Waals surface area contributed by atoms with E-state index in [4.69, 9.17) is 0 Å². The monoisotopic (exact) mass is 413 g/mol. The zero-order chi connectivity index (χ0) is 21.5. The van der Waals surface area contributed by atoms with Crippen LogP contribution in [0.4, 0.5) is 24.8 Å². The molecule has 2 heterocycles. The molecule has 0 radical (unpaired) electrons. The van der Waals surface area contributed by atoms with Gasteiger partial charge < -0.3 is 5.32 Å². The first-order chi connectivity index (χ1) is 14.2. The van der Waals surface area contributed by atoms with E-state index >= 15 is 0 Å². The van der Waals surface area contributed by atoms with Crippen LogP contribution in [0.2, 0.25) is 0 Å². The van der Waals surface area contributed by atoms with Gasteiger partial charge in [0.1, 0.15) is 0 Å². The molecule has 1 unspecified atom stereocenters. The van der Waals surface area contributed by atoms with Crippen molar-refractivity contribution in [1.82, 2.24) is 9.55 Å². The Labute approximate surface area is 170 Å². The number of hydrogen-bond donors (Lipinski definition) is 2. The van der Waals surface area contributed by atoms with Crippen molar-refractivity contribution in [3.05, 3.63) is 87.3 Å². The summed E-state index contributed by atoms with van der Waals surface area (Å²) in [5.74, 6) is 0.456. The van der Waals surface area contributed by atoms with Crippen LogP contribution in [0.3, 0.4) is 0 Å². The maximum absolute atomic E-state index is 13.0. The summed E-state index contributed by atoms with van der Waals surface area (Å²) in [5, 5.41) is 5.79. The topological polar surface area (TPSA) is 71.3 Å². The third-order valence-corrected chi connectivity index (χ3v) is 4.73. The number of guanidine groups is 1. The molecule has 4 rings (SSSR count). The number of alkyl halides is 3. The summed E-state index contributed by atoms with van der Waals surface area (Å²) in [6.45, 7) is 3.59. The lowest BCUT2D eigenvalue weighted by Crippen LogP contribution is -2.38. The van der Waals surface area contributed by atoms with Crippen molar-refractivity contribution in [1.29, 1.82) is 0 Å². The maximum atomic E-state index is 13.0. The average Bonchev–Trinajstić information content (AvgIpc) is 2.67. The zero-order valence-corrected chi connectivity index (χ0v) is 16.2. The van der Waals surface area contributed by atoms with E-state index in [0.717, 1.165) is 23.3 Å². The fourth-order valence-electron chi connectivity index (χ4n) is 3.31. The fourth-order valence-corrected chi connectivity index (χ4v) is 3.31. The molecule has 3 aromatic rings. The largest absolute Gasteiger partial charge is 0.416 e. The Morgan fingerprint density at radius 3 is 2.57 bits per heavy atom. The van der Waals surface area contributed by atoms with Crippen LogP contribution in [0.5, 0.6) is 0 Å². The molecule has 2 aromatic carbocycles. The van der Waals surface area contributed by atoms with Crippen molar-refractivity contribution in [2.45, 2.75) is 26.2 Å². The number of rotatable bonds is 2. The molecular weight excluding hydrogens is 395 g/mol. The first-order valence-electron chi connectivity index (χ1n) is 9.17. The van der Waals surface area contributed by atoms with E-state index in [1.165, 1.54) is 22.8 Å². The van der Waals surface area contributed by atoms with Crippen LogP contribution < -0.4 is 16.2 Å². The first kappa shape index (κ1) is 19.7. The molecule has 0 bridgehead atoms. The van der Waals surface area contributed by atoms with E-state index in [1.807, 2.05) is 31.2 Å². The fraction of sp³-hybridized carbons (Fsp3) is 0.190. The molecule has 0 aliphatic carbocycles. The van der Waals surface area contributed by atoms with Gasteiger partial charge in [-0.15, -0.1) is 0 Å². The molecule has 1 aliphatic rings. The minimum atomic E-state index is -4.46. The molecule has 9 heteroatoms. The van der Waals surface area contributed by atoms with Gasteiger partial charge in [0.2, 0.25) is 11.9 Å². The lowest BCUT2D eigenvalue weighted by Gasteiger charge is -2.28. The van der Waals surface area contributed by atoms with E-state index in [2.05, 4.69) is 20.6 Å². The Balaban J connectivity index is 1.78. The molecule has 1 aliphatic heterocycles. The second-order valence-corrected chi connectivity index (χ2v) is 6.97. The Bertz CT molecular complexity index is 1200. The predicted octanol–water partition coefficient (Wildman–Crippen LogP) is 4.32. The van der Waals surface area contributed by atoms with Gasteiger partial charge in [-0.2, -0.15) is 13.2 Å². The van der Waals surface area contributed by atoms with E-state index in [0.29, 0.717) is 5.69 Å². The number of nitrogens with zero attached hydrogens (tertiary/aromatic N) is 3. The molecule has 154 valence electrons. The third-order valence-electron chi connectivity index (χ3n) is 4.73. The normalized spacial score (nSPS) is 15.8. The summed E-state index contributed by atoms with van der Waals surface area (Å²) in [5.41, 5.74) is 1.39. The number of fused-ring (bicyclic) bond motifs is 1. The minimum absolute atomic E-state index is 0.195. The summed E-state index contributed by atoms with van der Waals surface area (Å²) < 4.78 is 40.5. The van der Waals surface area contributed by atoms with Gasteiger partial charge >= 0.3 is 6.18 Å². The van der Waals surface area contributed by atoms with Gasteiger partial charge in [0.15, 0.2) is 6.17 Å². The number of halogens is 3. The highest BCUT2D eigenvalue weighted by molar-refractivity contribution is 6.03. The number of hydrogen-bond acceptors (Lipinski definition) is 5. The summed E-state index contributed by atoms with van der Waals surface area (Å²) in [6.07, 6.45) is -5.17. The van der Waals surface area contributed by atoms with Gasteiger partial charge in [-0.3, -0.25) is 14.7 Å². The van der Waals surface area contributed by atoms with E-state index in [-0.39, 0.29) is 23.2 Å². The molecule has 1 atom stereocenters. The quantitative estimate of drug-likeness (QED) is 0.657. The molecule has 6 nitrogen and oxygen atoms in total. The average molecular weight is 413 g/mol.